The Bertz CT molecular complexity index is 642. The molecule has 2 rings (SSSR count). The number of methoxy groups -OCH3 is 1. The number of rotatable bonds is 4. The molecule has 0 aliphatic carbocycles. The largest absolute Gasteiger partial charge is 0.468 e. The number of ether oxygens (including phenoxy) is 1. The average Bonchev–Trinajstić information content (AvgIpc) is 2.86. The molecule has 2 N–H and O–H groups in total. The zero-order valence-corrected chi connectivity index (χ0v) is 12.4. The van der Waals surface area contributed by atoms with E-state index < -0.39 is 12.0 Å². The van der Waals surface area contributed by atoms with Crippen LogP contribution < -0.4 is 10.6 Å². The molecule has 0 bridgehead atoms. The van der Waals surface area contributed by atoms with E-state index in [2.05, 4.69) is 25.3 Å². The lowest BCUT2D eigenvalue weighted by Crippen LogP contribution is -2.33. The van der Waals surface area contributed by atoms with E-state index in [1.807, 2.05) is 19.1 Å². The fourth-order valence-electron chi connectivity index (χ4n) is 1.59. The highest BCUT2D eigenvalue weighted by Crippen LogP contribution is 2.32. The molecule has 0 saturated heterocycles. The number of anilines is 1. The van der Waals surface area contributed by atoms with Gasteiger partial charge in [0.15, 0.2) is 5.13 Å². The minimum absolute atomic E-state index is 0.191. The number of hydrogen-bond donors (Lipinski definition) is 2. The smallest absolute Gasteiger partial charge is 0.325 e. The summed E-state index contributed by atoms with van der Waals surface area (Å²) in [4.78, 5) is 31.8. The van der Waals surface area contributed by atoms with Gasteiger partial charge in [0, 0.05) is 12.4 Å². The molecule has 0 radical (unpaired) electrons. The van der Waals surface area contributed by atoms with Crippen LogP contribution in [0, 0.1) is 6.92 Å². The number of carbonyl (C=O) groups is 2. The summed E-state index contributed by atoms with van der Waals surface area (Å²) in [5.41, 5.74) is 1.80. The minimum Gasteiger partial charge on any atom is -0.468 e. The zero-order valence-electron chi connectivity index (χ0n) is 11.5. The van der Waals surface area contributed by atoms with Crippen molar-refractivity contribution in [1.82, 2.24) is 15.3 Å². The molecule has 0 atom stereocenters. The number of aromatic nitrogens is 2. The van der Waals surface area contributed by atoms with Gasteiger partial charge in [-0.1, -0.05) is 11.3 Å². The molecule has 0 unspecified atom stereocenters. The predicted molar refractivity (Wildman–Crippen MR) is 79.1 cm³/mol. The lowest BCUT2D eigenvalue weighted by atomic mass is 10.2. The molecule has 0 aliphatic heterocycles. The molecule has 0 aliphatic rings. The first-order valence-corrected chi connectivity index (χ1v) is 6.91. The lowest BCUT2D eigenvalue weighted by molar-refractivity contribution is -0.139. The van der Waals surface area contributed by atoms with Gasteiger partial charge in [-0.15, -0.1) is 0 Å². The maximum absolute atomic E-state index is 11.6. The normalized spacial score (nSPS) is 10.0. The molecular formula is C13H14N4O3S. The van der Waals surface area contributed by atoms with E-state index in [4.69, 9.17) is 0 Å². The second-order valence-electron chi connectivity index (χ2n) is 4.05. The van der Waals surface area contributed by atoms with Crippen LogP contribution >= 0.6 is 11.3 Å². The standard InChI is InChI=1S/C13H14N4O3S/c1-8-11(9-3-5-14-6-4-9)21-13(16-8)17-12(19)15-7-10(18)20-2/h3-6H,7H2,1-2H3,(H2,15,16,17,19). The number of urea groups is 1. The van der Waals surface area contributed by atoms with Gasteiger partial charge in [0.1, 0.15) is 6.54 Å². The molecule has 0 aromatic carbocycles. The molecule has 21 heavy (non-hydrogen) atoms. The number of aryl methyl sites for hydroxylation is 1. The summed E-state index contributed by atoms with van der Waals surface area (Å²) in [6.07, 6.45) is 3.40. The summed E-state index contributed by atoms with van der Waals surface area (Å²) in [6, 6.07) is 3.25. The highest BCUT2D eigenvalue weighted by Gasteiger charge is 2.12. The number of pyridine rings is 1. The molecule has 2 aromatic heterocycles. The van der Waals surface area contributed by atoms with Crippen molar-refractivity contribution < 1.29 is 14.3 Å². The maximum atomic E-state index is 11.6. The summed E-state index contributed by atoms with van der Waals surface area (Å²) in [5.74, 6) is -0.516. The number of carbonyl (C=O) groups excluding carboxylic acids is 2. The topological polar surface area (TPSA) is 93.2 Å². The minimum atomic E-state index is -0.516. The Balaban J connectivity index is 2.02. The van der Waals surface area contributed by atoms with E-state index in [-0.39, 0.29) is 6.54 Å². The van der Waals surface area contributed by atoms with Gasteiger partial charge in [0.05, 0.1) is 17.7 Å². The number of esters is 1. The van der Waals surface area contributed by atoms with Gasteiger partial charge < -0.3 is 10.1 Å². The Morgan fingerprint density at radius 1 is 1.33 bits per heavy atom. The second kappa shape index (κ2) is 6.80. The molecule has 2 aromatic rings. The monoisotopic (exact) mass is 306 g/mol. The van der Waals surface area contributed by atoms with Gasteiger partial charge in [-0.05, 0) is 24.6 Å². The van der Waals surface area contributed by atoms with Crippen LogP contribution in [0.5, 0.6) is 0 Å². The summed E-state index contributed by atoms with van der Waals surface area (Å²) < 4.78 is 4.43. The second-order valence-corrected chi connectivity index (χ2v) is 5.05. The highest BCUT2D eigenvalue weighted by molar-refractivity contribution is 7.19. The van der Waals surface area contributed by atoms with Crippen LogP contribution in [0.2, 0.25) is 0 Å². The van der Waals surface area contributed by atoms with E-state index >= 15 is 0 Å². The predicted octanol–water partition coefficient (Wildman–Crippen LogP) is 1.81. The zero-order chi connectivity index (χ0) is 15.2. The molecular weight excluding hydrogens is 292 g/mol. The molecule has 2 heterocycles. The Labute approximate surface area is 125 Å². The van der Waals surface area contributed by atoms with Crippen LogP contribution in [-0.2, 0) is 9.53 Å². The third-order valence-corrected chi connectivity index (χ3v) is 3.70. The first-order valence-electron chi connectivity index (χ1n) is 6.09. The highest BCUT2D eigenvalue weighted by atomic mass is 32.1. The van der Waals surface area contributed by atoms with Crippen molar-refractivity contribution >= 4 is 28.5 Å². The number of hydrogen-bond acceptors (Lipinski definition) is 6. The number of nitrogens with zero attached hydrogens (tertiary/aromatic N) is 2. The summed E-state index contributed by atoms with van der Waals surface area (Å²) in [6.45, 7) is 1.67. The van der Waals surface area contributed by atoms with E-state index in [9.17, 15) is 9.59 Å². The van der Waals surface area contributed by atoms with Gasteiger partial charge in [0.2, 0.25) is 0 Å². The van der Waals surface area contributed by atoms with Crippen LogP contribution in [0.1, 0.15) is 5.69 Å². The van der Waals surface area contributed by atoms with Crippen molar-refractivity contribution in [2.24, 2.45) is 0 Å². The summed E-state index contributed by atoms with van der Waals surface area (Å²) in [7, 11) is 1.26. The van der Waals surface area contributed by atoms with Crippen molar-refractivity contribution in [1.29, 1.82) is 0 Å². The van der Waals surface area contributed by atoms with Crippen LogP contribution in [0.25, 0.3) is 10.4 Å². The Morgan fingerprint density at radius 2 is 2.05 bits per heavy atom. The fourth-order valence-corrected chi connectivity index (χ4v) is 2.55. The van der Waals surface area contributed by atoms with Crippen LogP contribution in [0.15, 0.2) is 24.5 Å². The van der Waals surface area contributed by atoms with Gasteiger partial charge in [-0.2, -0.15) is 0 Å². The third kappa shape index (κ3) is 3.99. The number of nitrogens with one attached hydrogen (secondary N) is 2. The number of amides is 2. The molecule has 8 heteroatoms. The molecule has 0 spiro atoms. The van der Waals surface area contributed by atoms with Crippen molar-refractivity contribution in [2.45, 2.75) is 6.92 Å². The Hall–Kier alpha value is -2.48. The van der Waals surface area contributed by atoms with Gasteiger partial charge in [-0.25, -0.2) is 9.78 Å². The molecule has 110 valence electrons. The fraction of sp³-hybridized carbons (Fsp3) is 0.231. The third-order valence-electron chi connectivity index (χ3n) is 2.58. The van der Waals surface area contributed by atoms with Gasteiger partial charge >= 0.3 is 12.0 Å². The summed E-state index contributed by atoms with van der Waals surface area (Å²) >= 11 is 1.35. The van der Waals surface area contributed by atoms with Crippen LogP contribution in [0.3, 0.4) is 0 Å². The van der Waals surface area contributed by atoms with Crippen molar-refractivity contribution in [2.75, 3.05) is 19.0 Å². The van der Waals surface area contributed by atoms with Crippen molar-refractivity contribution in [3.63, 3.8) is 0 Å². The first kappa shape index (κ1) is 14.9. The van der Waals surface area contributed by atoms with Gasteiger partial charge in [0.25, 0.3) is 0 Å². The van der Waals surface area contributed by atoms with Crippen molar-refractivity contribution in [3.05, 3.63) is 30.2 Å². The van der Waals surface area contributed by atoms with Crippen molar-refractivity contribution in [3.8, 4) is 10.4 Å². The van der Waals surface area contributed by atoms with Crippen LogP contribution in [0.4, 0.5) is 9.93 Å². The van der Waals surface area contributed by atoms with E-state index in [1.54, 1.807) is 12.4 Å². The summed E-state index contributed by atoms with van der Waals surface area (Å²) in [5, 5.41) is 5.43. The Kier molecular flexibility index (Phi) is 4.83. The van der Waals surface area contributed by atoms with E-state index in [1.165, 1.54) is 18.4 Å². The molecule has 0 saturated carbocycles. The van der Waals surface area contributed by atoms with Crippen LogP contribution in [-0.4, -0.2) is 35.6 Å². The SMILES string of the molecule is COC(=O)CNC(=O)Nc1nc(C)c(-c2ccncc2)s1. The van der Waals surface area contributed by atoms with E-state index in [0.29, 0.717) is 5.13 Å². The number of thiazole rings is 1. The quantitative estimate of drug-likeness (QED) is 0.840. The van der Waals surface area contributed by atoms with Gasteiger partial charge in [-0.3, -0.25) is 15.1 Å². The molecule has 7 nitrogen and oxygen atoms in total. The lowest BCUT2D eigenvalue weighted by Gasteiger charge is -2.03. The van der Waals surface area contributed by atoms with E-state index in [0.717, 1.165) is 16.1 Å². The molecule has 0 fully saturated rings. The maximum Gasteiger partial charge on any atom is 0.325 e. The first-order chi connectivity index (χ1) is 10.1. The molecule has 2 amide bonds. The average molecular weight is 306 g/mol. The Morgan fingerprint density at radius 3 is 2.71 bits per heavy atom.